The Bertz CT molecular complexity index is 1200. The van der Waals surface area contributed by atoms with Crippen LogP contribution in [-0.2, 0) is 23.6 Å². The summed E-state index contributed by atoms with van der Waals surface area (Å²) in [6.07, 6.45) is -8.53. The van der Waals surface area contributed by atoms with Crippen LogP contribution in [0.15, 0.2) is 36.4 Å². The number of ether oxygens (including phenoxy) is 1. The van der Waals surface area contributed by atoms with E-state index in [2.05, 4.69) is 0 Å². The zero-order valence-electron chi connectivity index (χ0n) is 20.9. The molecule has 5 nitrogen and oxygen atoms in total. The highest BCUT2D eigenvalue weighted by molar-refractivity contribution is 5.70. The van der Waals surface area contributed by atoms with E-state index in [1.807, 2.05) is 0 Å². The van der Waals surface area contributed by atoms with Gasteiger partial charge in [-0.3, -0.25) is 9.69 Å². The minimum Gasteiger partial charge on any atom is -0.486 e. The predicted octanol–water partition coefficient (Wildman–Crippen LogP) is 6.40. The van der Waals surface area contributed by atoms with Gasteiger partial charge in [0.25, 0.3) is 0 Å². The molecule has 38 heavy (non-hydrogen) atoms. The van der Waals surface area contributed by atoms with E-state index in [-0.39, 0.29) is 6.54 Å². The van der Waals surface area contributed by atoms with Crippen LogP contribution in [0, 0.1) is 5.92 Å². The van der Waals surface area contributed by atoms with E-state index in [4.69, 9.17) is 4.74 Å². The van der Waals surface area contributed by atoms with Gasteiger partial charge in [-0.2, -0.15) is 26.3 Å². The molecule has 0 aliphatic carbocycles. The van der Waals surface area contributed by atoms with Crippen molar-refractivity contribution >= 4 is 5.97 Å². The average molecular weight is 546 g/mol. The first-order valence-electron chi connectivity index (χ1n) is 12.4. The maximum atomic E-state index is 13.7. The summed E-state index contributed by atoms with van der Waals surface area (Å²) in [5.41, 5.74) is -2.22. The number of nitrogens with zero attached hydrogens (tertiary/aromatic N) is 1. The zero-order valence-corrected chi connectivity index (χ0v) is 20.9. The van der Waals surface area contributed by atoms with Crippen LogP contribution in [-0.4, -0.2) is 39.8 Å². The summed E-state index contributed by atoms with van der Waals surface area (Å²) in [4.78, 5) is 13.0. The lowest BCUT2D eigenvalue weighted by Gasteiger charge is -2.47. The molecule has 2 N–H and O–H groups in total. The van der Waals surface area contributed by atoms with Crippen molar-refractivity contribution < 1.29 is 46.1 Å². The standard InChI is InChI=1S/C27H29F6NO4/c1-15(24(36)37)23(35)18-5-4-17-8-10-25(38-22(17)12-18)9-3-11-34(14-25)16(2)20-13-19(26(28,29)30)6-7-21(20)27(31,32)33/h4-7,12-13,15-16,23,35H,3,8-11,14H2,1-2H3,(H,36,37)/t15-,16-,23+,25?/m0/s1. The van der Waals surface area contributed by atoms with Crippen LogP contribution >= 0.6 is 0 Å². The lowest BCUT2D eigenvalue weighted by molar-refractivity contribution is -0.145. The second kappa shape index (κ2) is 10.1. The molecule has 0 aromatic heterocycles. The van der Waals surface area contributed by atoms with Crippen LogP contribution < -0.4 is 4.74 Å². The molecule has 1 spiro atoms. The third-order valence-corrected chi connectivity index (χ3v) is 7.72. The van der Waals surface area contributed by atoms with Crippen molar-refractivity contribution in [2.45, 2.75) is 69.6 Å². The molecular formula is C27H29F6NO4. The minimum atomic E-state index is -4.81. The van der Waals surface area contributed by atoms with E-state index in [1.165, 1.54) is 13.8 Å². The number of hydrogen-bond acceptors (Lipinski definition) is 4. The van der Waals surface area contributed by atoms with Crippen LogP contribution in [0.4, 0.5) is 26.3 Å². The molecule has 208 valence electrons. The van der Waals surface area contributed by atoms with Gasteiger partial charge >= 0.3 is 18.3 Å². The lowest BCUT2D eigenvalue weighted by atomic mass is 9.82. The van der Waals surface area contributed by atoms with Crippen molar-refractivity contribution in [1.29, 1.82) is 0 Å². The number of carboxylic acid groups (broad SMARTS) is 1. The summed E-state index contributed by atoms with van der Waals surface area (Å²) in [5.74, 6) is -1.74. The fourth-order valence-electron chi connectivity index (χ4n) is 5.42. The molecule has 1 fully saturated rings. The Labute approximate surface area is 216 Å². The van der Waals surface area contributed by atoms with E-state index in [1.54, 1.807) is 23.1 Å². The fraction of sp³-hybridized carbons (Fsp3) is 0.519. The highest BCUT2D eigenvalue weighted by Crippen LogP contribution is 2.44. The highest BCUT2D eigenvalue weighted by atomic mass is 19.4. The largest absolute Gasteiger partial charge is 0.486 e. The van der Waals surface area contributed by atoms with Gasteiger partial charge in [-0.05, 0) is 87.0 Å². The molecule has 4 atom stereocenters. The van der Waals surface area contributed by atoms with E-state index < -0.39 is 58.7 Å². The van der Waals surface area contributed by atoms with Crippen LogP contribution in [0.2, 0.25) is 0 Å². The number of fused-ring (bicyclic) bond motifs is 1. The van der Waals surface area contributed by atoms with Crippen molar-refractivity contribution in [2.75, 3.05) is 13.1 Å². The van der Waals surface area contributed by atoms with Crippen LogP contribution in [0.1, 0.15) is 73.1 Å². The van der Waals surface area contributed by atoms with Crippen molar-refractivity contribution in [2.24, 2.45) is 5.92 Å². The third kappa shape index (κ3) is 5.63. The number of piperidine rings is 1. The first-order chi connectivity index (χ1) is 17.6. The molecule has 0 radical (unpaired) electrons. The first kappa shape index (κ1) is 28.2. The smallest absolute Gasteiger partial charge is 0.416 e. The summed E-state index contributed by atoms with van der Waals surface area (Å²) in [7, 11) is 0. The maximum Gasteiger partial charge on any atom is 0.416 e. The Morgan fingerprint density at radius 1 is 1.03 bits per heavy atom. The summed E-state index contributed by atoms with van der Waals surface area (Å²) >= 11 is 0. The number of carboxylic acids is 1. The van der Waals surface area contributed by atoms with Crippen molar-refractivity contribution in [3.05, 3.63) is 64.2 Å². The first-order valence-corrected chi connectivity index (χ1v) is 12.4. The topological polar surface area (TPSA) is 70.0 Å². The number of aliphatic carboxylic acids is 1. The van der Waals surface area contributed by atoms with Gasteiger partial charge in [-0.25, -0.2) is 0 Å². The maximum absolute atomic E-state index is 13.7. The SMILES string of the molecule is C[C@H](C(=O)O)[C@@H](O)c1ccc2c(c1)OC1(CCCN([C@@H](C)c3cc(C(F)(F)F)ccc3C(F)(F)F)C1)CC2. The molecule has 1 saturated heterocycles. The molecule has 2 aliphatic rings. The molecule has 0 bridgehead atoms. The van der Waals surface area contributed by atoms with E-state index in [9.17, 15) is 41.4 Å². The number of aliphatic hydroxyl groups is 1. The summed E-state index contributed by atoms with van der Waals surface area (Å²) < 4.78 is 87.7. The number of benzene rings is 2. The Hall–Kier alpha value is -2.79. The van der Waals surface area contributed by atoms with Gasteiger partial charge in [-0.15, -0.1) is 0 Å². The van der Waals surface area contributed by atoms with Gasteiger partial charge in [0.05, 0.1) is 23.1 Å². The fourth-order valence-corrected chi connectivity index (χ4v) is 5.42. The van der Waals surface area contributed by atoms with Crippen molar-refractivity contribution in [3.8, 4) is 5.75 Å². The van der Waals surface area contributed by atoms with E-state index in [0.717, 1.165) is 5.56 Å². The number of rotatable bonds is 5. The number of likely N-dealkylation sites (tertiary alicyclic amines) is 1. The van der Waals surface area contributed by atoms with Crippen molar-refractivity contribution in [1.82, 2.24) is 4.90 Å². The molecule has 2 aliphatic heterocycles. The molecule has 4 rings (SSSR count). The van der Waals surface area contributed by atoms with Gasteiger partial charge < -0.3 is 14.9 Å². The normalized spacial score (nSPS) is 22.9. The third-order valence-electron chi connectivity index (χ3n) is 7.72. The number of aryl methyl sites for hydroxylation is 1. The van der Waals surface area contributed by atoms with Gasteiger partial charge in [0.1, 0.15) is 11.4 Å². The lowest BCUT2D eigenvalue weighted by Crippen LogP contribution is -2.54. The second-order valence-corrected chi connectivity index (χ2v) is 10.3. The molecular weight excluding hydrogens is 516 g/mol. The number of hydrogen-bond donors (Lipinski definition) is 2. The molecule has 2 heterocycles. The molecule has 11 heteroatoms. The van der Waals surface area contributed by atoms with E-state index in [0.29, 0.717) is 61.7 Å². The van der Waals surface area contributed by atoms with Gasteiger partial charge in [-0.1, -0.05) is 12.1 Å². The molecule has 2 aromatic rings. The number of alkyl halides is 6. The number of aliphatic hydroxyl groups excluding tert-OH is 1. The molecule has 2 aromatic carbocycles. The quantitative estimate of drug-likeness (QED) is 0.426. The summed E-state index contributed by atoms with van der Waals surface area (Å²) in [6.45, 7) is 3.46. The Kier molecular flexibility index (Phi) is 7.48. The van der Waals surface area contributed by atoms with Crippen LogP contribution in [0.25, 0.3) is 0 Å². The summed E-state index contributed by atoms with van der Waals surface area (Å²) in [5, 5.41) is 19.7. The summed E-state index contributed by atoms with van der Waals surface area (Å²) in [6, 6.07) is 5.57. The monoisotopic (exact) mass is 545 g/mol. The zero-order chi connectivity index (χ0) is 28.0. The molecule has 0 amide bonds. The Morgan fingerprint density at radius 3 is 2.37 bits per heavy atom. The number of carbonyl (C=O) groups is 1. The van der Waals surface area contributed by atoms with Crippen molar-refractivity contribution in [3.63, 3.8) is 0 Å². The van der Waals surface area contributed by atoms with Crippen LogP contribution in [0.5, 0.6) is 5.75 Å². The Morgan fingerprint density at radius 2 is 1.74 bits per heavy atom. The Balaban J connectivity index is 1.61. The molecule has 0 saturated carbocycles. The highest BCUT2D eigenvalue weighted by Gasteiger charge is 2.44. The van der Waals surface area contributed by atoms with Gasteiger partial charge in [0.2, 0.25) is 0 Å². The average Bonchev–Trinajstić information content (AvgIpc) is 2.85. The van der Waals surface area contributed by atoms with E-state index >= 15 is 0 Å². The minimum absolute atomic E-state index is 0.208. The molecule has 1 unspecified atom stereocenters. The number of halogens is 6. The van der Waals surface area contributed by atoms with Gasteiger partial charge in [0.15, 0.2) is 0 Å². The second-order valence-electron chi connectivity index (χ2n) is 10.3. The van der Waals surface area contributed by atoms with Crippen LogP contribution in [0.3, 0.4) is 0 Å². The predicted molar refractivity (Wildman–Crippen MR) is 126 cm³/mol. The van der Waals surface area contributed by atoms with Gasteiger partial charge in [0, 0.05) is 12.6 Å².